The number of methoxy groups -OCH3 is 1. The molecule has 0 atom stereocenters. The SMILES string of the molecule is CC.CCc1ccc(C(=O)Nc2ccncc2)c(OC)c1. The summed E-state index contributed by atoms with van der Waals surface area (Å²) in [7, 11) is 1.57. The predicted octanol–water partition coefficient (Wildman–Crippen LogP) is 3.93. The molecule has 1 N–H and O–H groups in total. The van der Waals surface area contributed by atoms with Crippen LogP contribution in [0, 0.1) is 0 Å². The number of amides is 1. The van der Waals surface area contributed by atoms with Crippen molar-refractivity contribution in [2.75, 3.05) is 12.4 Å². The van der Waals surface area contributed by atoms with E-state index >= 15 is 0 Å². The van der Waals surface area contributed by atoms with Gasteiger partial charge in [-0.05, 0) is 36.2 Å². The van der Waals surface area contributed by atoms with Crippen LogP contribution in [-0.4, -0.2) is 18.0 Å². The van der Waals surface area contributed by atoms with Crippen molar-refractivity contribution in [2.45, 2.75) is 27.2 Å². The molecular weight excluding hydrogens is 264 g/mol. The van der Waals surface area contributed by atoms with Gasteiger partial charge in [-0.25, -0.2) is 0 Å². The molecule has 112 valence electrons. The Balaban J connectivity index is 0.00000106. The zero-order valence-electron chi connectivity index (χ0n) is 13.0. The molecule has 4 nitrogen and oxygen atoms in total. The van der Waals surface area contributed by atoms with E-state index in [-0.39, 0.29) is 5.91 Å². The number of nitrogens with zero attached hydrogens (tertiary/aromatic N) is 1. The van der Waals surface area contributed by atoms with E-state index in [1.54, 1.807) is 37.7 Å². The summed E-state index contributed by atoms with van der Waals surface area (Å²) in [5.41, 5.74) is 2.37. The average molecular weight is 286 g/mol. The van der Waals surface area contributed by atoms with Crippen molar-refractivity contribution in [1.29, 1.82) is 0 Å². The smallest absolute Gasteiger partial charge is 0.259 e. The molecule has 0 spiro atoms. The Hall–Kier alpha value is -2.36. The lowest BCUT2D eigenvalue weighted by Crippen LogP contribution is -2.13. The Morgan fingerprint density at radius 2 is 1.86 bits per heavy atom. The van der Waals surface area contributed by atoms with Gasteiger partial charge in [-0.15, -0.1) is 0 Å². The molecule has 2 aromatic rings. The van der Waals surface area contributed by atoms with Gasteiger partial charge in [0.05, 0.1) is 12.7 Å². The fourth-order valence-electron chi connectivity index (χ4n) is 1.78. The summed E-state index contributed by atoms with van der Waals surface area (Å²) in [6, 6.07) is 9.09. The van der Waals surface area contributed by atoms with E-state index in [4.69, 9.17) is 4.74 Å². The minimum absolute atomic E-state index is 0.189. The normalized spacial score (nSPS) is 9.33. The third kappa shape index (κ3) is 4.60. The molecule has 4 heteroatoms. The lowest BCUT2D eigenvalue weighted by molar-refractivity contribution is 0.102. The number of anilines is 1. The van der Waals surface area contributed by atoms with E-state index in [2.05, 4.69) is 17.2 Å². The molecule has 0 fully saturated rings. The van der Waals surface area contributed by atoms with Crippen molar-refractivity contribution in [2.24, 2.45) is 0 Å². The second-order valence-electron chi connectivity index (χ2n) is 4.08. The standard InChI is InChI=1S/C15H16N2O2.C2H6/c1-3-11-4-5-13(14(10-11)19-2)15(18)17-12-6-8-16-9-7-12;1-2/h4-10H,3H2,1-2H3,(H,16,17,18);1-2H3. The topological polar surface area (TPSA) is 51.2 Å². The number of pyridine rings is 1. The molecule has 0 aliphatic carbocycles. The van der Waals surface area contributed by atoms with E-state index in [0.717, 1.165) is 12.0 Å². The fourth-order valence-corrected chi connectivity index (χ4v) is 1.78. The molecular formula is C17H22N2O2. The van der Waals surface area contributed by atoms with Gasteiger partial charge in [0.2, 0.25) is 0 Å². The predicted molar refractivity (Wildman–Crippen MR) is 85.9 cm³/mol. The Bertz CT molecular complexity index is 568. The van der Waals surface area contributed by atoms with Gasteiger partial charge in [-0.3, -0.25) is 9.78 Å². The minimum Gasteiger partial charge on any atom is -0.496 e. The summed E-state index contributed by atoms with van der Waals surface area (Å²) < 4.78 is 5.27. The van der Waals surface area contributed by atoms with E-state index < -0.39 is 0 Å². The zero-order valence-corrected chi connectivity index (χ0v) is 13.0. The average Bonchev–Trinajstić information content (AvgIpc) is 2.56. The number of carbonyl (C=O) groups is 1. The van der Waals surface area contributed by atoms with Crippen molar-refractivity contribution in [1.82, 2.24) is 4.98 Å². The van der Waals surface area contributed by atoms with Gasteiger partial charge >= 0.3 is 0 Å². The maximum absolute atomic E-state index is 12.2. The summed E-state index contributed by atoms with van der Waals surface area (Å²) in [5, 5.41) is 2.81. The molecule has 0 saturated heterocycles. The van der Waals surface area contributed by atoms with Crippen molar-refractivity contribution < 1.29 is 9.53 Å². The monoisotopic (exact) mass is 286 g/mol. The lowest BCUT2D eigenvalue weighted by Gasteiger charge is -2.10. The van der Waals surface area contributed by atoms with Gasteiger partial charge in [-0.1, -0.05) is 26.8 Å². The third-order valence-corrected chi connectivity index (χ3v) is 2.86. The van der Waals surface area contributed by atoms with Crippen LogP contribution in [-0.2, 0) is 6.42 Å². The number of hydrogen-bond donors (Lipinski definition) is 1. The highest BCUT2D eigenvalue weighted by Crippen LogP contribution is 2.21. The minimum atomic E-state index is -0.189. The van der Waals surface area contributed by atoms with Gasteiger partial charge < -0.3 is 10.1 Å². The molecule has 0 radical (unpaired) electrons. The number of aromatic nitrogens is 1. The fraction of sp³-hybridized carbons (Fsp3) is 0.294. The molecule has 2 rings (SSSR count). The van der Waals surface area contributed by atoms with E-state index in [0.29, 0.717) is 17.0 Å². The summed E-state index contributed by atoms with van der Waals surface area (Å²) >= 11 is 0. The van der Waals surface area contributed by atoms with Crippen molar-refractivity contribution in [3.05, 3.63) is 53.9 Å². The molecule has 1 heterocycles. The summed E-state index contributed by atoms with van der Waals surface area (Å²) in [6.45, 7) is 6.06. The molecule has 0 saturated carbocycles. The van der Waals surface area contributed by atoms with Crippen LogP contribution in [0.3, 0.4) is 0 Å². The number of nitrogens with one attached hydrogen (secondary N) is 1. The van der Waals surface area contributed by atoms with Crippen LogP contribution in [0.1, 0.15) is 36.7 Å². The van der Waals surface area contributed by atoms with Gasteiger partial charge in [0.25, 0.3) is 5.91 Å². The third-order valence-electron chi connectivity index (χ3n) is 2.86. The highest BCUT2D eigenvalue weighted by molar-refractivity contribution is 6.06. The first-order chi connectivity index (χ1) is 10.2. The molecule has 0 aliphatic rings. The number of benzene rings is 1. The molecule has 1 aromatic heterocycles. The van der Waals surface area contributed by atoms with Crippen LogP contribution in [0.4, 0.5) is 5.69 Å². The van der Waals surface area contributed by atoms with Gasteiger partial charge in [-0.2, -0.15) is 0 Å². The Labute approximate surface area is 126 Å². The van der Waals surface area contributed by atoms with Crippen molar-refractivity contribution in [3.8, 4) is 5.75 Å². The number of ether oxygens (including phenoxy) is 1. The maximum atomic E-state index is 12.2. The van der Waals surface area contributed by atoms with Gasteiger partial charge in [0, 0.05) is 18.1 Å². The summed E-state index contributed by atoms with van der Waals surface area (Å²) in [4.78, 5) is 16.1. The first-order valence-corrected chi connectivity index (χ1v) is 7.13. The molecule has 1 aromatic carbocycles. The second-order valence-corrected chi connectivity index (χ2v) is 4.08. The van der Waals surface area contributed by atoms with Crippen LogP contribution in [0.2, 0.25) is 0 Å². The molecule has 0 unspecified atom stereocenters. The highest BCUT2D eigenvalue weighted by Gasteiger charge is 2.12. The van der Waals surface area contributed by atoms with Crippen LogP contribution >= 0.6 is 0 Å². The first-order valence-electron chi connectivity index (χ1n) is 7.13. The number of carbonyl (C=O) groups excluding carboxylic acids is 1. The Morgan fingerprint density at radius 1 is 1.19 bits per heavy atom. The van der Waals surface area contributed by atoms with E-state index in [1.807, 2.05) is 26.0 Å². The number of rotatable bonds is 4. The van der Waals surface area contributed by atoms with Gasteiger partial charge in [0.15, 0.2) is 0 Å². The van der Waals surface area contributed by atoms with Crippen molar-refractivity contribution >= 4 is 11.6 Å². The van der Waals surface area contributed by atoms with E-state index in [1.165, 1.54) is 0 Å². The molecule has 21 heavy (non-hydrogen) atoms. The first kappa shape index (κ1) is 16.7. The molecule has 0 bridgehead atoms. The van der Waals surface area contributed by atoms with E-state index in [9.17, 15) is 4.79 Å². The lowest BCUT2D eigenvalue weighted by atomic mass is 10.1. The maximum Gasteiger partial charge on any atom is 0.259 e. The van der Waals surface area contributed by atoms with Gasteiger partial charge in [0.1, 0.15) is 5.75 Å². The number of aryl methyl sites for hydroxylation is 1. The van der Waals surface area contributed by atoms with Crippen LogP contribution in [0.25, 0.3) is 0 Å². The highest BCUT2D eigenvalue weighted by atomic mass is 16.5. The molecule has 0 aliphatic heterocycles. The van der Waals surface area contributed by atoms with Crippen LogP contribution in [0.5, 0.6) is 5.75 Å². The molecule has 1 amide bonds. The van der Waals surface area contributed by atoms with Crippen LogP contribution < -0.4 is 10.1 Å². The summed E-state index contributed by atoms with van der Waals surface area (Å²) in [6.07, 6.45) is 4.17. The quantitative estimate of drug-likeness (QED) is 0.926. The number of hydrogen-bond acceptors (Lipinski definition) is 3. The Morgan fingerprint density at radius 3 is 2.43 bits per heavy atom. The van der Waals surface area contributed by atoms with Crippen molar-refractivity contribution in [3.63, 3.8) is 0 Å². The van der Waals surface area contributed by atoms with Crippen LogP contribution in [0.15, 0.2) is 42.7 Å². The largest absolute Gasteiger partial charge is 0.496 e. The Kier molecular flexibility index (Phi) is 6.95. The second kappa shape index (κ2) is 8.74. The summed E-state index contributed by atoms with van der Waals surface area (Å²) in [5.74, 6) is 0.400. The zero-order chi connectivity index (χ0) is 15.7.